The van der Waals surface area contributed by atoms with E-state index in [1.807, 2.05) is 30.3 Å². The third kappa shape index (κ3) is 2.38. The molecule has 21 heavy (non-hydrogen) atoms. The molecule has 0 atom stereocenters. The third-order valence-electron chi connectivity index (χ3n) is 3.86. The van der Waals surface area contributed by atoms with Crippen LogP contribution < -0.4 is 5.32 Å². The zero-order chi connectivity index (χ0) is 14.9. The SMILES string of the molecule is N#Cc1cc(NC(=O)C2(c3ccccc3)CC2)ccc1F. The quantitative estimate of drug-likeness (QED) is 0.937. The average Bonchev–Trinajstić information content (AvgIpc) is 3.32. The predicted molar refractivity (Wildman–Crippen MR) is 77.1 cm³/mol. The number of hydrogen-bond acceptors (Lipinski definition) is 2. The van der Waals surface area contributed by atoms with E-state index in [-0.39, 0.29) is 11.5 Å². The van der Waals surface area contributed by atoms with Crippen molar-refractivity contribution in [2.45, 2.75) is 18.3 Å². The summed E-state index contributed by atoms with van der Waals surface area (Å²) in [6.45, 7) is 0. The highest BCUT2D eigenvalue weighted by Gasteiger charge is 2.51. The lowest BCUT2D eigenvalue weighted by atomic mass is 9.95. The van der Waals surface area contributed by atoms with Crippen LogP contribution in [0.2, 0.25) is 0 Å². The Morgan fingerprint density at radius 2 is 1.90 bits per heavy atom. The lowest BCUT2D eigenvalue weighted by Gasteiger charge is -2.16. The maximum atomic E-state index is 13.3. The van der Waals surface area contributed by atoms with Crippen LogP contribution >= 0.6 is 0 Å². The lowest BCUT2D eigenvalue weighted by molar-refractivity contribution is -0.118. The van der Waals surface area contributed by atoms with Gasteiger partial charge in [-0.05, 0) is 36.6 Å². The van der Waals surface area contributed by atoms with Crippen molar-refractivity contribution >= 4 is 11.6 Å². The summed E-state index contributed by atoms with van der Waals surface area (Å²) >= 11 is 0. The summed E-state index contributed by atoms with van der Waals surface area (Å²) in [7, 11) is 0. The Labute approximate surface area is 122 Å². The van der Waals surface area contributed by atoms with Gasteiger partial charge in [0, 0.05) is 5.69 Å². The first-order chi connectivity index (χ1) is 10.2. The fourth-order valence-electron chi connectivity index (χ4n) is 2.47. The molecule has 0 unspecified atom stereocenters. The van der Waals surface area contributed by atoms with Crippen molar-refractivity contribution < 1.29 is 9.18 Å². The topological polar surface area (TPSA) is 52.9 Å². The largest absolute Gasteiger partial charge is 0.325 e. The number of carbonyl (C=O) groups excluding carboxylic acids is 1. The van der Waals surface area contributed by atoms with Gasteiger partial charge in [-0.25, -0.2) is 4.39 Å². The van der Waals surface area contributed by atoms with E-state index >= 15 is 0 Å². The minimum Gasteiger partial charge on any atom is -0.325 e. The summed E-state index contributed by atoms with van der Waals surface area (Å²) in [5.41, 5.74) is 0.880. The molecule has 1 saturated carbocycles. The van der Waals surface area contributed by atoms with Crippen LogP contribution in [0.3, 0.4) is 0 Å². The number of nitrogens with one attached hydrogen (secondary N) is 1. The summed E-state index contributed by atoms with van der Waals surface area (Å²) in [5.74, 6) is -0.691. The van der Waals surface area contributed by atoms with E-state index in [9.17, 15) is 9.18 Å². The molecule has 1 amide bonds. The highest BCUT2D eigenvalue weighted by molar-refractivity contribution is 6.01. The van der Waals surface area contributed by atoms with Gasteiger partial charge < -0.3 is 5.32 Å². The van der Waals surface area contributed by atoms with E-state index in [1.165, 1.54) is 18.2 Å². The maximum absolute atomic E-state index is 13.3. The number of rotatable bonds is 3. The molecule has 4 heteroatoms. The van der Waals surface area contributed by atoms with Crippen LogP contribution in [-0.2, 0) is 10.2 Å². The van der Waals surface area contributed by atoms with Crippen LogP contribution in [0, 0.1) is 17.1 Å². The van der Waals surface area contributed by atoms with E-state index in [2.05, 4.69) is 5.32 Å². The van der Waals surface area contributed by atoms with Crippen molar-refractivity contribution in [1.29, 1.82) is 5.26 Å². The number of nitrogens with zero attached hydrogens (tertiary/aromatic N) is 1. The summed E-state index contributed by atoms with van der Waals surface area (Å²) in [5, 5.41) is 11.6. The van der Waals surface area contributed by atoms with E-state index in [1.54, 1.807) is 6.07 Å². The van der Waals surface area contributed by atoms with Crippen LogP contribution in [0.5, 0.6) is 0 Å². The molecule has 0 heterocycles. The second kappa shape index (κ2) is 5.02. The molecule has 1 aliphatic rings. The van der Waals surface area contributed by atoms with Gasteiger partial charge in [0.1, 0.15) is 11.9 Å². The molecular formula is C17H13FN2O. The summed E-state index contributed by atoms with van der Waals surface area (Å²) in [6, 6.07) is 15.4. The van der Waals surface area contributed by atoms with Crippen molar-refractivity contribution in [3.63, 3.8) is 0 Å². The Kier molecular flexibility index (Phi) is 3.19. The van der Waals surface area contributed by atoms with Crippen molar-refractivity contribution in [2.24, 2.45) is 0 Å². The molecule has 0 spiro atoms. The zero-order valence-corrected chi connectivity index (χ0v) is 11.3. The van der Waals surface area contributed by atoms with Gasteiger partial charge in [0.05, 0.1) is 11.0 Å². The Balaban J connectivity index is 1.83. The second-order valence-corrected chi connectivity index (χ2v) is 5.21. The van der Waals surface area contributed by atoms with E-state index in [0.717, 1.165) is 18.4 Å². The van der Waals surface area contributed by atoms with Crippen molar-refractivity contribution in [3.05, 3.63) is 65.5 Å². The molecule has 3 rings (SSSR count). The molecule has 0 saturated heterocycles. The number of halogens is 1. The van der Waals surface area contributed by atoms with Gasteiger partial charge in [-0.15, -0.1) is 0 Å². The first-order valence-electron chi connectivity index (χ1n) is 6.72. The number of anilines is 1. The molecule has 1 N–H and O–H groups in total. The second-order valence-electron chi connectivity index (χ2n) is 5.21. The molecular weight excluding hydrogens is 267 g/mol. The smallest absolute Gasteiger partial charge is 0.235 e. The summed E-state index contributed by atoms with van der Waals surface area (Å²) in [6.07, 6.45) is 1.60. The molecule has 104 valence electrons. The van der Waals surface area contributed by atoms with Gasteiger partial charge in [0.25, 0.3) is 0 Å². The Bertz CT molecular complexity index is 730. The molecule has 1 fully saturated rings. The highest BCUT2D eigenvalue weighted by atomic mass is 19.1. The monoisotopic (exact) mass is 280 g/mol. The van der Waals surface area contributed by atoms with Gasteiger partial charge >= 0.3 is 0 Å². The molecule has 0 bridgehead atoms. The molecule has 2 aromatic carbocycles. The molecule has 0 radical (unpaired) electrons. The minimum atomic E-state index is -0.584. The third-order valence-corrected chi connectivity index (χ3v) is 3.86. The van der Waals surface area contributed by atoms with Crippen LogP contribution in [0.4, 0.5) is 10.1 Å². The Morgan fingerprint density at radius 1 is 1.19 bits per heavy atom. The van der Waals surface area contributed by atoms with Crippen molar-refractivity contribution in [3.8, 4) is 6.07 Å². The standard InChI is InChI=1S/C17H13FN2O/c18-15-7-6-14(10-12(15)11-19)20-16(21)17(8-9-17)13-4-2-1-3-5-13/h1-7,10H,8-9H2,(H,20,21). The van der Waals surface area contributed by atoms with Crippen LogP contribution in [-0.4, -0.2) is 5.91 Å². The number of benzene rings is 2. The Morgan fingerprint density at radius 3 is 2.52 bits per heavy atom. The minimum absolute atomic E-state index is 0.0719. The predicted octanol–water partition coefficient (Wildman–Crippen LogP) is 3.37. The van der Waals surface area contributed by atoms with E-state index in [4.69, 9.17) is 5.26 Å². The molecule has 2 aromatic rings. The number of carbonyl (C=O) groups is 1. The van der Waals surface area contributed by atoms with Crippen molar-refractivity contribution in [2.75, 3.05) is 5.32 Å². The lowest BCUT2D eigenvalue weighted by Crippen LogP contribution is -2.27. The van der Waals surface area contributed by atoms with E-state index < -0.39 is 11.2 Å². The van der Waals surface area contributed by atoms with Gasteiger partial charge in [-0.3, -0.25) is 4.79 Å². The maximum Gasteiger partial charge on any atom is 0.235 e. The van der Waals surface area contributed by atoms with Gasteiger partial charge in [-0.2, -0.15) is 5.26 Å². The number of nitriles is 1. The highest BCUT2D eigenvalue weighted by Crippen LogP contribution is 2.48. The van der Waals surface area contributed by atoms with Gasteiger partial charge in [-0.1, -0.05) is 30.3 Å². The van der Waals surface area contributed by atoms with Crippen LogP contribution in [0.25, 0.3) is 0 Å². The zero-order valence-electron chi connectivity index (χ0n) is 11.3. The fraction of sp³-hybridized carbons (Fsp3) is 0.176. The molecule has 1 aliphatic carbocycles. The normalized spacial score (nSPS) is 15.0. The van der Waals surface area contributed by atoms with Crippen molar-refractivity contribution in [1.82, 2.24) is 0 Å². The van der Waals surface area contributed by atoms with Gasteiger partial charge in [0.2, 0.25) is 5.91 Å². The van der Waals surface area contributed by atoms with Crippen LogP contribution in [0.15, 0.2) is 48.5 Å². The molecule has 0 aliphatic heterocycles. The number of amides is 1. The van der Waals surface area contributed by atoms with E-state index in [0.29, 0.717) is 5.69 Å². The summed E-state index contributed by atoms with van der Waals surface area (Å²) in [4.78, 5) is 12.5. The Hall–Kier alpha value is -2.67. The average molecular weight is 280 g/mol. The number of hydrogen-bond donors (Lipinski definition) is 1. The first-order valence-corrected chi connectivity index (χ1v) is 6.72. The summed E-state index contributed by atoms with van der Waals surface area (Å²) < 4.78 is 13.3. The van der Waals surface area contributed by atoms with Crippen LogP contribution in [0.1, 0.15) is 24.0 Å². The fourth-order valence-corrected chi connectivity index (χ4v) is 2.47. The molecule has 3 nitrogen and oxygen atoms in total. The van der Waals surface area contributed by atoms with Gasteiger partial charge in [0.15, 0.2) is 0 Å². The first kappa shape index (κ1) is 13.3. The molecule has 0 aromatic heterocycles.